The smallest absolute Gasteiger partial charge is 0.260 e. The van der Waals surface area contributed by atoms with Crippen LogP contribution in [-0.2, 0) is 0 Å². The lowest BCUT2D eigenvalue weighted by Gasteiger charge is -2.20. The van der Waals surface area contributed by atoms with Crippen LogP contribution in [0.2, 0.25) is 0 Å². The van der Waals surface area contributed by atoms with Crippen molar-refractivity contribution in [2.24, 2.45) is 0 Å². The molecule has 0 saturated carbocycles. The van der Waals surface area contributed by atoms with E-state index in [1.54, 1.807) is 37.6 Å². The molecule has 2 aromatic rings. The third-order valence-corrected chi connectivity index (χ3v) is 3.47. The van der Waals surface area contributed by atoms with Gasteiger partial charge in [-0.05, 0) is 38.1 Å². The predicted octanol–water partition coefficient (Wildman–Crippen LogP) is 3.19. The average Bonchev–Trinajstić information content (AvgIpc) is 2.57. The van der Waals surface area contributed by atoms with E-state index in [9.17, 15) is 4.79 Å². The molecule has 1 aromatic heterocycles. The molecule has 0 spiro atoms. The molecule has 1 amide bonds. The maximum absolute atomic E-state index is 12.3. The largest absolute Gasteiger partial charge is 0.496 e. The van der Waals surface area contributed by atoms with Crippen LogP contribution in [0.3, 0.4) is 0 Å². The van der Waals surface area contributed by atoms with E-state index in [4.69, 9.17) is 4.74 Å². The topological polar surface area (TPSA) is 54.5 Å². The molecule has 22 heavy (non-hydrogen) atoms. The van der Waals surface area contributed by atoms with Gasteiger partial charge in [0, 0.05) is 13.1 Å². The second-order valence-corrected chi connectivity index (χ2v) is 4.73. The Morgan fingerprint density at radius 3 is 2.50 bits per heavy atom. The normalized spacial score (nSPS) is 10.1. The third-order valence-electron chi connectivity index (χ3n) is 3.47. The molecule has 0 fully saturated rings. The number of amides is 1. The summed E-state index contributed by atoms with van der Waals surface area (Å²) < 4.78 is 5.20. The van der Waals surface area contributed by atoms with Gasteiger partial charge in [0.15, 0.2) is 0 Å². The molecule has 1 aromatic carbocycles. The minimum Gasteiger partial charge on any atom is -0.496 e. The molecule has 0 saturated heterocycles. The van der Waals surface area contributed by atoms with Crippen LogP contribution in [0.1, 0.15) is 24.2 Å². The lowest BCUT2D eigenvalue weighted by Crippen LogP contribution is -2.22. The second-order valence-electron chi connectivity index (χ2n) is 4.73. The molecule has 0 radical (unpaired) electrons. The highest BCUT2D eigenvalue weighted by molar-refractivity contribution is 6.05. The van der Waals surface area contributed by atoms with Crippen molar-refractivity contribution < 1.29 is 9.53 Å². The Hall–Kier alpha value is -2.56. The van der Waals surface area contributed by atoms with Crippen molar-refractivity contribution >= 4 is 17.4 Å². The average molecular weight is 299 g/mol. The van der Waals surface area contributed by atoms with E-state index in [2.05, 4.69) is 29.0 Å². The Labute approximate surface area is 130 Å². The highest BCUT2D eigenvalue weighted by atomic mass is 16.5. The van der Waals surface area contributed by atoms with Crippen molar-refractivity contribution in [3.8, 4) is 5.75 Å². The lowest BCUT2D eigenvalue weighted by molar-refractivity contribution is 0.102. The second kappa shape index (κ2) is 7.45. The molecule has 0 aliphatic rings. The summed E-state index contributed by atoms with van der Waals surface area (Å²) in [6.07, 6.45) is 1.77. The third kappa shape index (κ3) is 3.55. The van der Waals surface area contributed by atoms with Crippen LogP contribution in [0.15, 0.2) is 42.6 Å². The highest BCUT2D eigenvalue weighted by Gasteiger charge is 2.12. The van der Waals surface area contributed by atoms with Crippen LogP contribution < -0.4 is 15.0 Å². The first kappa shape index (κ1) is 15.8. The first-order chi connectivity index (χ1) is 10.7. The van der Waals surface area contributed by atoms with E-state index in [-0.39, 0.29) is 5.91 Å². The molecular weight excluding hydrogens is 278 g/mol. The SMILES string of the molecule is CCN(CC)c1ccc(NC(=O)c2ccccc2OC)nc1. The Kier molecular flexibility index (Phi) is 5.36. The zero-order valence-electron chi connectivity index (χ0n) is 13.2. The van der Waals surface area contributed by atoms with Crippen LogP contribution in [0.25, 0.3) is 0 Å². The van der Waals surface area contributed by atoms with Crippen LogP contribution in [0.5, 0.6) is 5.75 Å². The summed E-state index contributed by atoms with van der Waals surface area (Å²) in [6.45, 7) is 6.04. The predicted molar refractivity (Wildman–Crippen MR) is 88.7 cm³/mol. The van der Waals surface area contributed by atoms with Crippen molar-refractivity contribution in [1.29, 1.82) is 0 Å². The molecule has 1 heterocycles. The quantitative estimate of drug-likeness (QED) is 0.890. The zero-order valence-corrected chi connectivity index (χ0v) is 13.2. The number of pyridine rings is 1. The molecule has 1 N–H and O–H groups in total. The Morgan fingerprint density at radius 1 is 1.18 bits per heavy atom. The van der Waals surface area contributed by atoms with Crippen molar-refractivity contribution in [1.82, 2.24) is 4.98 Å². The fraction of sp³-hybridized carbons (Fsp3) is 0.294. The Bertz CT molecular complexity index is 622. The number of para-hydroxylation sites is 1. The summed E-state index contributed by atoms with van der Waals surface area (Å²) in [5.41, 5.74) is 1.53. The number of nitrogens with zero attached hydrogens (tertiary/aromatic N) is 2. The van der Waals surface area contributed by atoms with Gasteiger partial charge in [-0.15, -0.1) is 0 Å². The number of methoxy groups -OCH3 is 1. The van der Waals surface area contributed by atoms with Gasteiger partial charge in [-0.25, -0.2) is 4.98 Å². The van der Waals surface area contributed by atoms with Gasteiger partial charge in [-0.2, -0.15) is 0 Å². The van der Waals surface area contributed by atoms with Gasteiger partial charge < -0.3 is 15.0 Å². The molecule has 0 aliphatic heterocycles. The zero-order chi connectivity index (χ0) is 15.9. The minimum atomic E-state index is -0.236. The summed E-state index contributed by atoms with van der Waals surface area (Å²) in [5, 5.41) is 2.79. The maximum Gasteiger partial charge on any atom is 0.260 e. The Morgan fingerprint density at radius 2 is 1.91 bits per heavy atom. The summed E-state index contributed by atoms with van der Waals surface area (Å²) >= 11 is 0. The molecular formula is C17H21N3O2. The van der Waals surface area contributed by atoms with E-state index in [1.807, 2.05) is 12.1 Å². The first-order valence-corrected chi connectivity index (χ1v) is 7.35. The van der Waals surface area contributed by atoms with Gasteiger partial charge in [-0.3, -0.25) is 4.79 Å². The van der Waals surface area contributed by atoms with Crippen LogP contribution in [0.4, 0.5) is 11.5 Å². The van der Waals surface area contributed by atoms with Gasteiger partial charge in [0.25, 0.3) is 5.91 Å². The highest BCUT2D eigenvalue weighted by Crippen LogP contribution is 2.19. The van der Waals surface area contributed by atoms with Gasteiger partial charge in [0.05, 0.1) is 24.6 Å². The number of carbonyl (C=O) groups excluding carboxylic acids is 1. The molecule has 0 aliphatic carbocycles. The summed E-state index contributed by atoms with van der Waals surface area (Å²) in [4.78, 5) is 18.8. The molecule has 0 atom stereocenters. The van der Waals surface area contributed by atoms with E-state index in [0.29, 0.717) is 17.1 Å². The monoisotopic (exact) mass is 299 g/mol. The number of anilines is 2. The van der Waals surface area contributed by atoms with Crippen LogP contribution >= 0.6 is 0 Å². The number of carbonyl (C=O) groups is 1. The molecule has 0 bridgehead atoms. The molecule has 2 rings (SSSR count). The minimum absolute atomic E-state index is 0.236. The fourth-order valence-corrected chi connectivity index (χ4v) is 2.25. The van der Waals surface area contributed by atoms with E-state index >= 15 is 0 Å². The number of rotatable bonds is 6. The van der Waals surface area contributed by atoms with Crippen LogP contribution in [0, 0.1) is 0 Å². The van der Waals surface area contributed by atoms with Gasteiger partial charge in [0.1, 0.15) is 11.6 Å². The summed E-state index contributed by atoms with van der Waals surface area (Å²) in [6, 6.07) is 10.9. The van der Waals surface area contributed by atoms with E-state index in [0.717, 1.165) is 18.8 Å². The number of ether oxygens (including phenoxy) is 1. The standard InChI is InChI=1S/C17H21N3O2/c1-4-20(5-2)13-10-11-16(18-12-13)19-17(21)14-8-6-7-9-15(14)22-3/h6-12H,4-5H2,1-3H3,(H,18,19,21). The van der Waals surface area contributed by atoms with Crippen molar-refractivity contribution in [3.63, 3.8) is 0 Å². The molecule has 5 nitrogen and oxygen atoms in total. The summed E-state index contributed by atoms with van der Waals surface area (Å²) in [5.74, 6) is 0.826. The van der Waals surface area contributed by atoms with Crippen LogP contribution in [-0.4, -0.2) is 31.1 Å². The summed E-state index contributed by atoms with van der Waals surface area (Å²) in [7, 11) is 1.54. The lowest BCUT2D eigenvalue weighted by atomic mass is 10.2. The fourth-order valence-electron chi connectivity index (χ4n) is 2.25. The molecule has 0 unspecified atom stereocenters. The van der Waals surface area contributed by atoms with Gasteiger partial charge in [-0.1, -0.05) is 12.1 Å². The Balaban J connectivity index is 2.12. The van der Waals surface area contributed by atoms with Crippen molar-refractivity contribution in [2.75, 3.05) is 30.4 Å². The van der Waals surface area contributed by atoms with Crippen molar-refractivity contribution in [2.45, 2.75) is 13.8 Å². The van der Waals surface area contributed by atoms with Gasteiger partial charge >= 0.3 is 0 Å². The number of aromatic nitrogens is 1. The van der Waals surface area contributed by atoms with Gasteiger partial charge in [0.2, 0.25) is 0 Å². The number of hydrogen-bond acceptors (Lipinski definition) is 4. The van der Waals surface area contributed by atoms with E-state index in [1.165, 1.54) is 0 Å². The van der Waals surface area contributed by atoms with E-state index < -0.39 is 0 Å². The molecule has 116 valence electrons. The molecule has 5 heteroatoms. The maximum atomic E-state index is 12.3. The number of benzene rings is 1. The number of hydrogen-bond donors (Lipinski definition) is 1. The first-order valence-electron chi connectivity index (χ1n) is 7.35. The number of nitrogens with one attached hydrogen (secondary N) is 1. The van der Waals surface area contributed by atoms with Crippen molar-refractivity contribution in [3.05, 3.63) is 48.2 Å².